The molecule has 0 spiro atoms. The number of ether oxygens (including phenoxy) is 2. The van der Waals surface area contributed by atoms with E-state index in [9.17, 15) is 19.5 Å². The lowest BCUT2D eigenvalue weighted by Crippen LogP contribution is -2.57. The largest absolute Gasteiger partial charge is 0.480 e. The van der Waals surface area contributed by atoms with Gasteiger partial charge in [0.25, 0.3) is 0 Å². The van der Waals surface area contributed by atoms with E-state index >= 15 is 0 Å². The molecule has 1 aliphatic carbocycles. The molecule has 0 saturated carbocycles. The second-order valence-electron chi connectivity index (χ2n) is 9.49. The van der Waals surface area contributed by atoms with Crippen LogP contribution in [0.5, 0.6) is 0 Å². The summed E-state index contributed by atoms with van der Waals surface area (Å²) in [7, 11) is 0. The third-order valence-electron chi connectivity index (χ3n) is 6.83. The van der Waals surface area contributed by atoms with Crippen molar-refractivity contribution in [3.8, 4) is 11.1 Å². The molecule has 2 aromatic rings. The number of alkyl carbamates (subject to hydrolysis) is 1. The molecule has 2 amide bonds. The van der Waals surface area contributed by atoms with Crippen LogP contribution < -0.4 is 10.6 Å². The number of carbonyl (C=O) groups is 3. The molecule has 0 bridgehead atoms. The SMILES string of the molecule is CC(C)[C@H](NC(=O)C1(C)COCC1NC(=O)OCC1c2ccccc2-c2ccccc21)C(=O)O. The van der Waals surface area contributed by atoms with Crippen molar-refractivity contribution >= 4 is 18.0 Å². The number of amides is 2. The highest BCUT2D eigenvalue weighted by atomic mass is 16.5. The van der Waals surface area contributed by atoms with Gasteiger partial charge in [0.15, 0.2) is 0 Å². The maximum atomic E-state index is 13.0. The van der Waals surface area contributed by atoms with Crippen molar-refractivity contribution in [3.05, 3.63) is 59.7 Å². The van der Waals surface area contributed by atoms with E-state index in [1.54, 1.807) is 20.8 Å². The van der Waals surface area contributed by atoms with Gasteiger partial charge in [0, 0.05) is 5.92 Å². The zero-order chi connectivity index (χ0) is 24.5. The van der Waals surface area contributed by atoms with Gasteiger partial charge in [0.1, 0.15) is 12.6 Å². The predicted molar refractivity (Wildman–Crippen MR) is 125 cm³/mol. The van der Waals surface area contributed by atoms with Gasteiger partial charge in [-0.1, -0.05) is 62.4 Å². The molecule has 2 unspecified atom stereocenters. The maximum Gasteiger partial charge on any atom is 0.407 e. The van der Waals surface area contributed by atoms with Crippen molar-refractivity contribution in [2.45, 2.75) is 38.8 Å². The molecule has 2 aromatic carbocycles. The minimum Gasteiger partial charge on any atom is -0.480 e. The van der Waals surface area contributed by atoms with Gasteiger partial charge in [-0.05, 0) is 35.1 Å². The minimum absolute atomic E-state index is 0.0671. The lowest BCUT2D eigenvalue weighted by atomic mass is 9.83. The Morgan fingerprint density at radius 3 is 2.24 bits per heavy atom. The number of hydrogen-bond acceptors (Lipinski definition) is 5. The highest BCUT2D eigenvalue weighted by Gasteiger charge is 2.48. The topological polar surface area (TPSA) is 114 Å². The first-order chi connectivity index (χ1) is 16.2. The summed E-state index contributed by atoms with van der Waals surface area (Å²) in [5.74, 6) is -1.95. The first kappa shape index (κ1) is 23.8. The Morgan fingerprint density at radius 1 is 1.09 bits per heavy atom. The third kappa shape index (κ3) is 4.37. The van der Waals surface area contributed by atoms with Gasteiger partial charge < -0.3 is 25.2 Å². The smallest absolute Gasteiger partial charge is 0.407 e. The molecule has 0 radical (unpaired) electrons. The Hall–Kier alpha value is -3.39. The number of fused-ring (bicyclic) bond motifs is 3. The van der Waals surface area contributed by atoms with Crippen LogP contribution in [0.4, 0.5) is 4.79 Å². The van der Waals surface area contributed by atoms with Crippen molar-refractivity contribution in [3.63, 3.8) is 0 Å². The van der Waals surface area contributed by atoms with Crippen LogP contribution in [-0.4, -0.2) is 55.0 Å². The summed E-state index contributed by atoms with van der Waals surface area (Å²) < 4.78 is 11.1. The number of benzene rings is 2. The fraction of sp³-hybridized carbons (Fsp3) is 0.423. The van der Waals surface area contributed by atoms with E-state index in [4.69, 9.17) is 9.47 Å². The van der Waals surface area contributed by atoms with Crippen LogP contribution in [0.25, 0.3) is 11.1 Å². The summed E-state index contributed by atoms with van der Waals surface area (Å²) in [6.45, 7) is 5.46. The number of aliphatic carboxylic acids is 1. The summed E-state index contributed by atoms with van der Waals surface area (Å²) >= 11 is 0. The molecule has 0 aromatic heterocycles. The number of rotatable bonds is 7. The molecule has 3 atom stereocenters. The Labute approximate surface area is 198 Å². The van der Waals surface area contributed by atoms with Gasteiger partial charge >= 0.3 is 12.1 Å². The van der Waals surface area contributed by atoms with Crippen LogP contribution in [0, 0.1) is 11.3 Å². The van der Waals surface area contributed by atoms with Gasteiger partial charge in [-0.15, -0.1) is 0 Å². The van der Waals surface area contributed by atoms with E-state index in [-0.39, 0.29) is 31.7 Å². The van der Waals surface area contributed by atoms with Gasteiger partial charge in [0.2, 0.25) is 5.91 Å². The summed E-state index contributed by atoms with van der Waals surface area (Å²) in [6, 6.07) is 14.5. The number of carboxylic acid groups (broad SMARTS) is 1. The molecule has 8 heteroatoms. The molecule has 1 saturated heterocycles. The fourth-order valence-electron chi connectivity index (χ4n) is 4.70. The molecular formula is C26H30N2O6. The number of hydrogen-bond donors (Lipinski definition) is 3. The fourth-order valence-corrected chi connectivity index (χ4v) is 4.70. The lowest BCUT2D eigenvalue weighted by Gasteiger charge is -2.30. The average Bonchev–Trinajstić information content (AvgIpc) is 3.34. The third-order valence-corrected chi connectivity index (χ3v) is 6.83. The summed E-state index contributed by atoms with van der Waals surface area (Å²) in [6.07, 6.45) is -0.643. The molecule has 1 fully saturated rings. The van der Waals surface area contributed by atoms with Gasteiger partial charge in [-0.2, -0.15) is 0 Å². The maximum absolute atomic E-state index is 13.0. The van der Waals surface area contributed by atoms with Crippen molar-refractivity contribution in [1.29, 1.82) is 0 Å². The van der Waals surface area contributed by atoms with Crippen molar-refractivity contribution in [2.75, 3.05) is 19.8 Å². The second kappa shape index (κ2) is 9.46. The number of carbonyl (C=O) groups excluding carboxylic acids is 2. The van der Waals surface area contributed by atoms with Crippen LogP contribution in [0.1, 0.15) is 37.8 Å². The molecule has 8 nitrogen and oxygen atoms in total. The van der Waals surface area contributed by atoms with E-state index in [0.29, 0.717) is 0 Å². The number of carboxylic acids is 1. The Bertz CT molecular complexity index is 1050. The van der Waals surface area contributed by atoms with E-state index in [0.717, 1.165) is 22.3 Å². The van der Waals surface area contributed by atoms with Crippen molar-refractivity contribution in [1.82, 2.24) is 10.6 Å². The normalized spacial score (nSPS) is 22.1. The first-order valence-electron chi connectivity index (χ1n) is 11.5. The molecule has 34 heavy (non-hydrogen) atoms. The summed E-state index contributed by atoms with van der Waals surface area (Å²) in [5, 5.41) is 14.8. The Balaban J connectivity index is 1.41. The van der Waals surface area contributed by atoms with Crippen LogP contribution in [-0.2, 0) is 19.1 Å². The average molecular weight is 467 g/mol. The zero-order valence-electron chi connectivity index (χ0n) is 19.5. The monoisotopic (exact) mass is 466 g/mol. The molecule has 1 heterocycles. The lowest BCUT2D eigenvalue weighted by molar-refractivity contribution is -0.145. The number of nitrogens with one attached hydrogen (secondary N) is 2. The van der Waals surface area contributed by atoms with Crippen LogP contribution >= 0.6 is 0 Å². The Kier molecular flexibility index (Phi) is 6.61. The van der Waals surface area contributed by atoms with E-state index in [1.165, 1.54) is 0 Å². The standard InChI is InChI=1S/C26H30N2O6/c1-15(2)22(23(29)30)28-24(31)26(3)14-33-13-21(26)27-25(32)34-12-20-18-10-6-4-8-16(18)17-9-5-7-11-19(17)20/h4-11,15,20-22H,12-14H2,1-3H3,(H,27,32)(H,28,31)(H,29,30)/t21?,22-,26?/m0/s1. The summed E-state index contributed by atoms with van der Waals surface area (Å²) in [4.78, 5) is 37.2. The highest BCUT2D eigenvalue weighted by Crippen LogP contribution is 2.44. The van der Waals surface area contributed by atoms with Crippen molar-refractivity contribution < 1.29 is 29.0 Å². The molecular weight excluding hydrogens is 436 g/mol. The van der Waals surface area contributed by atoms with Gasteiger partial charge in [-0.25, -0.2) is 9.59 Å². The quantitative estimate of drug-likeness (QED) is 0.578. The molecule has 2 aliphatic rings. The van der Waals surface area contributed by atoms with Gasteiger partial charge in [-0.3, -0.25) is 4.79 Å². The second-order valence-corrected chi connectivity index (χ2v) is 9.49. The molecule has 4 rings (SSSR count). The molecule has 180 valence electrons. The Morgan fingerprint density at radius 2 is 1.68 bits per heavy atom. The molecule has 3 N–H and O–H groups in total. The van der Waals surface area contributed by atoms with Gasteiger partial charge in [0.05, 0.1) is 24.7 Å². The minimum atomic E-state index is -1.12. The van der Waals surface area contributed by atoms with Crippen LogP contribution in [0.3, 0.4) is 0 Å². The van der Waals surface area contributed by atoms with Crippen LogP contribution in [0.15, 0.2) is 48.5 Å². The van der Waals surface area contributed by atoms with E-state index in [1.807, 2.05) is 36.4 Å². The predicted octanol–water partition coefficient (Wildman–Crippen LogP) is 3.16. The summed E-state index contributed by atoms with van der Waals surface area (Å²) in [5.41, 5.74) is 3.38. The van der Waals surface area contributed by atoms with E-state index in [2.05, 4.69) is 22.8 Å². The first-order valence-corrected chi connectivity index (χ1v) is 11.5. The zero-order valence-corrected chi connectivity index (χ0v) is 19.5. The molecule has 1 aliphatic heterocycles. The van der Waals surface area contributed by atoms with Crippen molar-refractivity contribution in [2.24, 2.45) is 11.3 Å². The van der Waals surface area contributed by atoms with E-state index < -0.39 is 35.5 Å². The highest BCUT2D eigenvalue weighted by molar-refractivity contribution is 5.89. The van der Waals surface area contributed by atoms with Crippen LogP contribution in [0.2, 0.25) is 0 Å².